The Bertz CT molecular complexity index is 730. The first-order valence-corrected chi connectivity index (χ1v) is 8.08. The Hall–Kier alpha value is -2.82. The molecule has 3 rings (SSSR count). The lowest BCUT2D eigenvalue weighted by Crippen LogP contribution is -2.50. The van der Waals surface area contributed by atoms with Crippen LogP contribution in [0.4, 0.5) is 10.5 Å². The largest absolute Gasteiger partial charge is 0.480 e. The average molecular weight is 324 g/mol. The summed E-state index contributed by atoms with van der Waals surface area (Å²) in [6.45, 7) is 0.598. The maximum atomic E-state index is 12.6. The Balaban J connectivity index is 1.74. The van der Waals surface area contributed by atoms with Crippen molar-refractivity contribution >= 4 is 17.7 Å². The number of nitrogens with one attached hydrogen (secondary N) is 1. The monoisotopic (exact) mass is 324 g/mol. The summed E-state index contributed by atoms with van der Waals surface area (Å²) in [5.74, 6) is -1.03. The van der Waals surface area contributed by atoms with Gasteiger partial charge < -0.3 is 10.4 Å². The van der Waals surface area contributed by atoms with Gasteiger partial charge in [-0.25, -0.2) is 9.59 Å². The van der Waals surface area contributed by atoms with Crippen LogP contribution in [0, 0.1) is 0 Å². The zero-order valence-electron chi connectivity index (χ0n) is 13.3. The number of rotatable bonds is 4. The number of carbonyl (C=O) groups is 2. The zero-order chi connectivity index (χ0) is 16.9. The number of hydrogen-bond donors (Lipinski definition) is 2. The van der Waals surface area contributed by atoms with Gasteiger partial charge >= 0.3 is 12.0 Å². The molecule has 0 unspecified atom stereocenters. The summed E-state index contributed by atoms with van der Waals surface area (Å²) in [6.07, 6.45) is 2.07. The molecule has 1 aliphatic heterocycles. The second kappa shape index (κ2) is 7.17. The second-order valence-corrected chi connectivity index (χ2v) is 5.91. The van der Waals surface area contributed by atoms with E-state index in [0.29, 0.717) is 6.54 Å². The number of fused-ring (bicyclic) bond motifs is 1. The molecule has 2 amide bonds. The van der Waals surface area contributed by atoms with Crippen molar-refractivity contribution < 1.29 is 14.7 Å². The van der Waals surface area contributed by atoms with Gasteiger partial charge in [-0.3, -0.25) is 4.90 Å². The third-order valence-electron chi connectivity index (χ3n) is 4.23. The predicted molar refractivity (Wildman–Crippen MR) is 92.2 cm³/mol. The lowest BCUT2D eigenvalue weighted by Gasteiger charge is -2.30. The number of hydrogen-bond acceptors (Lipinski definition) is 2. The third kappa shape index (κ3) is 3.56. The number of urea groups is 1. The van der Waals surface area contributed by atoms with Crippen molar-refractivity contribution in [2.75, 3.05) is 11.4 Å². The number of amides is 2. The van der Waals surface area contributed by atoms with Crippen molar-refractivity contribution in [2.45, 2.75) is 25.3 Å². The topological polar surface area (TPSA) is 69.6 Å². The molecule has 0 radical (unpaired) electrons. The minimum absolute atomic E-state index is 0.261. The Morgan fingerprint density at radius 1 is 1.08 bits per heavy atom. The fraction of sp³-hybridized carbons (Fsp3) is 0.263. The number of nitrogens with zero attached hydrogens (tertiary/aromatic N) is 1. The van der Waals surface area contributed by atoms with Gasteiger partial charge in [-0.15, -0.1) is 0 Å². The van der Waals surface area contributed by atoms with E-state index in [1.807, 2.05) is 54.6 Å². The zero-order valence-corrected chi connectivity index (χ0v) is 13.3. The molecule has 1 aliphatic rings. The van der Waals surface area contributed by atoms with Crippen LogP contribution in [-0.4, -0.2) is 29.7 Å². The van der Waals surface area contributed by atoms with Crippen LogP contribution >= 0.6 is 0 Å². The van der Waals surface area contributed by atoms with Gasteiger partial charge in [0.1, 0.15) is 6.04 Å². The molecule has 0 fully saturated rings. The number of benzene rings is 2. The summed E-state index contributed by atoms with van der Waals surface area (Å²) in [5, 5.41) is 12.1. The van der Waals surface area contributed by atoms with E-state index in [0.717, 1.165) is 29.7 Å². The van der Waals surface area contributed by atoms with Crippen molar-refractivity contribution in [1.29, 1.82) is 0 Å². The fourth-order valence-electron chi connectivity index (χ4n) is 3.02. The first kappa shape index (κ1) is 16.1. The highest BCUT2D eigenvalue weighted by molar-refractivity contribution is 5.95. The molecule has 2 aromatic rings. The highest BCUT2D eigenvalue weighted by Gasteiger charge is 2.26. The summed E-state index contributed by atoms with van der Waals surface area (Å²) in [6, 6.07) is 15.8. The second-order valence-electron chi connectivity index (χ2n) is 5.91. The van der Waals surface area contributed by atoms with Gasteiger partial charge in [-0.2, -0.15) is 0 Å². The molecule has 1 heterocycles. The van der Waals surface area contributed by atoms with Crippen LogP contribution < -0.4 is 10.2 Å². The fourth-order valence-corrected chi connectivity index (χ4v) is 3.02. The number of carboxylic acids is 1. The van der Waals surface area contributed by atoms with E-state index in [4.69, 9.17) is 0 Å². The van der Waals surface area contributed by atoms with Crippen LogP contribution in [0.25, 0.3) is 0 Å². The minimum Gasteiger partial charge on any atom is -0.480 e. The van der Waals surface area contributed by atoms with Crippen molar-refractivity contribution in [3.63, 3.8) is 0 Å². The molecular weight excluding hydrogens is 304 g/mol. The van der Waals surface area contributed by atoms with E-state index >= 15 is 0 Å². The van der Waals surface area contributed by atoms with Gasteiger partial charge in [-0.1, -0.05) is 48.5 Å². The number of para-hydroxylation sites is 1. The Labute approximate surface area is 140 Å². The average Bonchev–Trinajstić information content (AvgIpc) is 2.61. The Morgan fingerprint density at radius 3 is 2.54 bits per heavy atom. The molecule has 24 heavy (non-hydrogen) atoms. The summed E-state index contributed by atoms with van der Waals surface area (Å²) < 4.78 is 0. The van der Waals surface area contributed by atoms with Crippen LogP contribution in [0.1, 0.15) is 17.5 Å². The SMILES string of the molecule is O=C(O)[C@@H](Cc1ccccc1)NC(=O)N1CCCc2ccccc21. The molecule has 0 saturated carbocycles. The lowest BCUT2D eigenvalue weighted by atomic mass is 10.0. The molecule has 124 valence electrons. The molecule has 5 nitrogen and oxygen atoms in total. The number of carbonyl (C=O) groups excluding carboxylic acids is 1. The quantitative estimate of drug-likeness (QED) is 0.908. The van der Waals surface area contributed by atoms with Crippen LogP contribution in [0.3, 0.4) is 0 Å². The number of carboxylic acid groups (broad SMARTS) is 1. The molecule has 5 heteroatoms. The van der Waals surface area contributed by atoms with E-state index in [2.05, 4.69) is 5.32 Å². The van der Waals surface area contributed by atoms with Gasteiger partial charge in [-0.05, 0) is 30.0 Å². The van der Waals surface area contributed by atoms with Crippen LogP contribution in [0.5, 0.6) is 0 Å². The van der Waals surface area contributed by atoms with E-state index in [-0.39, 0.29) is 12.5 Å². The van der Waals surface area contributed by atoms with Crippen molar-refractivity contribution in [3.05, 3.63) is 65.7 Å². The number of aryl methyl sites for hydroxylation is 1. The van der Waals surface area contributed by atoms with Gasteiger partial charge in [0.2, 0.25) is 0 Å². The number of aliphatic carboxylic acids is 1. The normalized spacial score (nSPS) is 14.6. The predicted octanol–water partition coefficient (Wildman–Crippen LogP) is 2.84. The standard InChI is InChI=1S/C19H20N2O3/c22-18(23)16(13-14-7-2-1-3-8-14)20-19(24)21-12-6-10-15-9-4-5-11-17(15)21/h1-5,7-9,11,16H,6,10,12-13H2,(H,20,24)(H,22,23)/t16-/m1/s1. The minimum atomic E-state index is -1.03. The maximum absolute atomic E-state index is 12.6. The molecule has 0 bridgehead atoms. The summed E-state index contributed by atoms with van der Waals surface area (Å²) in [5.41, 5.74) is 2.86. The van der Waals surface area contributed by atoms with Crippen molar-refractivity contribution in [3.8, 4) is 0 Å². The highest BCUT2D eigenvalue weighted by Crippen LogP contribution is 2.26. The van der Waals surface area contributed by atoms with Gasteiger partial charge in [0.05, 0.1) is 0 Å². The molecule has 2 aromatic carbocycles. The van der Waals surface area contributed by atoms with E-state index in [9.17, 15) is 14.7 Å². The van der Waals surface area contributed by atoms with E-state index in [1.165, 1.54) is 0 Å². The highest BCUT2D eigenvalue weighted by atomic mass is 16.4. The van der Waals surface area contributed by atoms with Gasteiger partial charge in [0.25, 0.3) is 0 Å². The molecule has 2 N–H and O–H groups in total. The number of anilines is 1. The van der Waals surface area contributed by atoms with Gasteiger partial charge in [0, 0.05) is 18.7 Å². The van der Waals surface area contributed by atoms with Crippen molar-refractivity contribution in [2.24, 2.45) is 0 Å². The van der Waals surface area contributed by atoms with Crippen LogP contribution in [0.2, 0.25) is 0 Å². The van der Waals surface area contributed by atoms with E-state index in [1.54, 1.807) is 4.90 Å². The van der Waals surface area contributed by atoms with Crippen LogP contribution in [0.15, 0.2) is 54.6 Å². The van der Waals surface area contributed by atoms with E-state index < -0.39 is 12.0 Å². The summed E-state index contributed by atoms with van der Waals surface area (Å²) >= 11 is 0. The Kier molecular flexibility index (Phi) is 4.79. The first-order valence-electron chi connectivity index (χ1n) is 8.08. The molecule has 0 aromatic heterocycles. The molecular formula is C19H20N2O3. The molecule has 1 atom stereocenters. The van der Waals surface area contributed by atoms with Crippen LogP contribution in [-0.2, 0) is 17.6 Å². The molecule has 0 spiro atoms. The summed E-state index contributed by atoms with van der Waals surface area (Å²) in [4.78, 5) is 25.8. The third-order valence-corrected chi connectivity index (χ3v) is 4.23. The van der Waals surface area contributed by atoms with Gasteiger partial charge in [0.15, 0.2) is 0 Å². The lowest BCUT2D eigenvalue weighted by molar-refractivity contribution is -0.139. The van der Waals surface area contributed by atoms with Crippen molar-refractivity contribution in [1.82, 2.24) is 5.32 Å². The molecule has 0 aliphatic carbocycles. The summed E-state index contributed by atoms with van der Waals surface area (Å²) in [7, 11) is 0. The molecule has 0 saturated heterocycles. The Morgan fingerprint density at radius 2 is 1.79 bits per heavy atom. The smallest absolute Gasteiger partial charge is 0.326 e. The maximum Gasteiger partial charge on any atom is 0.326 e. The first-order chi connectivity index (χ1) is 11.6.